The largest absolute Gasteiger partial charge is 0.508 e. The van der Waals surface area contributed by atoms with Gasteiger partial charge in [-0.3, -0.25) is 9.59 Å². The number of hydrogen-bond acceptors (Lipinski definition) is 13. The van der Waals surface area contributed by atoms with Gasteiger partial charge in [0.15, 0.2) is 6.23 Å². The zero-order valence-electron chi connectivity index (χ0n) is 24.9. The predicted molar refractivity (Wildman–Crippen MR) is 161 cm³/mol. The quantitative estimate of drug-likeness (QED) is 0.145. The van der Waals surface area contributed by atoms with Gasteiger partial charge in [-0.05, 0) is 35.8 Å². The van der Waals surface area contributed by atoms with Crippen LogP contribution in [-0.4, -0.2) is 129 Å². The lowest BCUT2D eigenvalue weighted by Gasteiger charge is -2.46. The van der Waals surface area contributed by atoms with Crippen molar-refractivity contribution in [1.82, 2.24) is 15.4 Å². The third kappa shape index (κ3) is 4.35. The number of rotatable bonds is 8. The topological polar surface area (TPSA) is 218 Å². The van der Waals surface area contributed by atoms with Crippen LogP contribution in [0, 0.1) is 0 Å². The Morgan fingerprint density at radius 2 is 1.74 bits per heavy atom. The second-order valence-corrected chi connectivity index (χ2v) is 11.9. The Bertz CT molecular complexity index is 1860. The number of H-pyrrole nitrogens is 1. The summed E-state index contributed by atoms with van der Waals surface area (Å²) in [6.07, 6.45) is 0.152. The van der Waals surface area contributed by atoms with Crippen LogP contribution in [-0.2, 0) is 20.6 Å². The molecule has 0 saturated carbocycles. The number of aliphatic hydroxyl groups excluding tert-OH is 6. The number of anilines is 1. The van der Waals surface area contributed by atoms with E-state index in [0.717, 1.165) is 5.01 Å². The summed E-state index contributed by atoms with van der Waals surface area (Å²) in [6.45, 7) is -0.409. The molecule has 15 nitrogen and oxygen atoms in total. The minimum atomic E-state index is -1.71. The lowest BCUT2D eigenvalue weighted by atomic mass is 9.93. The van der Waals surface area contributed by atoms with Crippen LogP contribution in [0.4, 0.5) is 5.69 Å². The molecule has 1 unspecified atom stereocenters. The van der Waals surface area contributed by atoms with E-state index in [4.69, 9.17) is 14.2 Å². The minimum Gasteiger partial charge on any atom is -0.508 e. The van der Waals surface area contributed by atoms with E-state index in [1.807, 2.05) is 0 Å². The molecule has 2 amide bonds. The van der Waals surface area contributed by atoms with Crippen molar-refractivity contribution >= 4 is 40.1 Å². The zero-order valence-corrected chi connectivity index (χ0v) is 24.9. The van der Waals surface area contributed by atoms with Crippen molar-refractivity contribution in [2.45, 2.75) is 49.1 Å². The van der Waals surface area contributed by atoms with Crippen molar-refractivity contribution in [3.05, 3.63) is 63.1 Å². The molecular weight excluding hydrogens is 604 g/mol. The first-order chi connectivity index (χ1) is 22.1. The van der Waals surface area contributed by atoms with Gasteiger partial charge in [-0.1, -0.05) is 6.08 Å². The van der Waals surface area contributed by atoms with Gasteiger partial charge in [0.05, 0.1) is 54.2 Å². The van der Waals surface area contributed by atoms with Crippen molar-refractivity contribution in [2.24, 2.45) is 0 Å². The summed E-state index contributed by atoms with van der Waals surface area (Å²) >= 11 is 0. The molecule has 0 radical (unpaired) electrons. The van der Waals surface area contributed by atoms with Gasteiger partial charge in [0.2, 0.25) is 0 Å². The number of hydrogen-bond donors (Lipinski definition) is 8. The fraction of sp³-hybridized carbons (Fsp3) is 0.419. The van der Waals surface area contributed by atoms with E-state index in [1.165, 1.54) is 32.4 Å². The summed E-state index contributed by atoms with van der Waals surface area (Å²) < 4.78 is 16.5. The third-order valence-corrected chi connectivity index (χ3v) is 9.12. The number of aliphatic hydroxyl groups is 6. The summed E-state index contributed by atoms with van der Waals surface area (Å²) in [5, 5.41) is 65.6. The molecule has 3 aliphatic heterocycles. The van der Waals surface area contributed by atoms with E-state index in [1.54, 1.807) is 17.1 Å². The lowest BCUT2D eigenvalue weighted by molar-refractivity contribution is -0.228. The van der Waals surface area contributed by atoms with Crippen molar-refractivity contribution < 1.29 is 54.4 Å². The first-order valence-corrected chi connectivity index (χ1v) is 14.8. The number of carbonyl (C=O) groups excluding carboxylic acids is 2. The number of methoxy groups -OCH3 is 2. The maximum atomic E-state index is 14.4. The summed E-state index contributed by atoms with van der Waals surface area (Å²) in [7, 11) is 2.97. The highest BCUT2D eigenvalue weighted by molar-refractivity contribution is 6.29. The second kappa shape index (κ2) is 11.3. The fourth-order valence-corrected chi connectivity index (χ4v) is 7.14. The lowest BCUT2D eigenvalue weighted by Crippen LogP contribution is -2.64. The molecular formula is C31H34N4O11. The van der Waals surface area contributed by atoms with Gasteiger partial charge in [0.25, 0.3) is 11.8 Å². The summed E-state index contributed by atoms with van der Waals surface area (Å²) in [4.78, 5) is 33.5. The number of ether oxygens (including phenoxy) is 3. The Labute approximate surface area is 261 Å². The number of carbonyl (C=O) groups is 2. The molecule has 46 heavy (non-hydrogen) atoms. The number of amides is 2. The summed E-state index contributed by atoms with van der Waals surface area (Å²) in [5.74, 6) is -1.39. The van der Waals surface area contributed by atoms with Gasteiger partial charge in [0, 0.05) is 36.2 Å². The van der Waals surface area contributed by atoms with Crippen LogP contribution >= 0.6 is 0 Å². The molecule has 2 aliphatic carbocycles. The Morgan fingerprint density at radius 3 is 2.43 bits per heavy atom. The molecule has 0 spiro atoms. The maximum Gasteiger partial charge on any atom is 0.276 e. The Morgan fingerprint density at radius 1 is 1.02 bits per heavy atom. The molecule has 4 heterocycles. The van der Waals surface area contributed by atoms with Crippen LogP contribution < -0.4 is 20.9 Å². The van der Waals surface area contributed by atoms with Crippen LogP contribution in [0.15, 0.2) is 35.8 Å². The number of allylic oxidation sites excluding steroid dienone is 3. The molecule has 7 rings (SSSR count). The molecule has 5 aliphatic rings. The Hall–Kier alpha value is -4.06. The van der Waals surface area contributed by atoms with Crippen LogP contribution in [0.3, 0.4) is 0 Å². The number of aromatic nitrogens is 1. The Kier molecular flexibility index (Phi) is 7.53. The second-order valence-electron chi connectivity index (χ2n) is 11.9. The van der Waals surface area contributed by atoms with Crippen LogP contribution in [0.2, 0.25) is 0 Å². The Balaban J connectivity index is 1.52. The minimum absolute atomic E-state index is 0.00430. The zero-order chi connectivity index (χ0) is 32.6. The SMILES string of the molecule is COCC(COC)NN1C(=O)c2c(c3c4c([nH]c3c3c2=C2C=CC(O)=CC2N3[C@@H]2O[C@H](CO)[C@@H](O)[C@H](O)[C@H]2O)=CC(O)=CC4)C1=O. The molecule has 0 bridgehead atoms. The number of nitrogens with zero attached hydrogens (tertiary/aromatic N) is 2. The van der Waals surface area contributed by atoms with Gasteiger partial charge in [0.1, 0.15) is 35.9 Å². The van der Waals surface area contributed by atoms with Crippen molar-refractivity contribution in [3.63, 3.8) is 0 Å². The normalized spacial score (nSPS) is 28.4. The summed E-state index contributed by atoms with van der Waals surface area (Å²) in [5.41, 5.74) is 4.98. The van der Waals surface area contributed by atoms with E-state index < -0.39 is 61.1 Å². The molecule has 6 atom stereocenters. The molecule has 1 aromatic carbocycles. The molecule has 8 N–H and O–H groups in total. The number of aromatic amines is 1. The standard InChI is InChI=1S/C31H34N4O11/c1-44-10-12(11-45-2)33-35-29(42)22-20-15-5-3-13(37)7-17(15)32-24(20)25-21(23(22)30(35)43)16-6-4-14(38)8-18(16)34(25)31-28(41)27(40)26(39)19(9-36)46-31/h3-4,6-8,12,18-19,26-28,31-33,36-41H,5,9-11H2,1-2H3/t18?,19-,26-,27+,28-,31-/m1/s1. The number of fused-ring (bicyclic) bond motifs is 9. The average molecular weight is 639 g/mol. The van der Waals surface area contributed by atoms with Gasteiger partial charge >= 0.3 is 0 Å². The summed E-state index contributed by atoms with van der Waals surface area (Å²) in [6, 6.07) is -1.43. The maximum absolute atomic E-state index is 14.4. The number of imide groups is 1. The highest BCUT2D eigenvalue weighted by Gasteiger charge is 2.52. The van der Waals surface area contributed by atoms with Crippen LogP contribution in [0.25, 0.3) is 22.6 Å². The van der Waals surface area contributed by atoms with Gasteiger partial charge in [-0.15, -0.1) is 0 Å². The fourth-order valence-electron chi connectivity index (χ4n) is 7.14. The van der Waals surface area contributed by atoms with E-state index >= 15 is 0 Å². The number of hydrazine groups is 1. The van der Waals surface area contributed by atoms with E-state index in [-0.39, 0.29) is 42.3 Å². The van der Waals surface area contributed by atoms with Crippen molar-refractivity contribution in [2.75, 3.05) is 38.9 Å². The highest BCUT2D eigenvalue weighted by Crippen LogP contribution is 2.43. The van der Waals surface area contributed by atoms with Gasteiger partial charge in [-0.2, -0.15) is 0 Å². The van der Waals surface area contributed by atoms with E-state index in [9.17, 15) is 40.2 Å². The third-order valence-electron chi connectivity index (χ3n) is 9.12. The van der Waals surface area contributed by atoms with E-state index in [2.05, 4.69) is 10.4 Å². The molecule has 15 heteroatoms. The predicted octanol–water partition coefficient (Wildman–Crippen LogP) is -2.14. The molecule has 2 aromatic rings. The van der Waals surface area contributed by atoms with E-state index in [0.29, 0.717) is 38.3 Å². The molecule has 244 valence electrons. The van der Waals surface area contributed by atoms with Crippen molar-refractivity contribution in [1.29, 1.82) is 0 Å². The monoisotopic (exact) mass is 638 g/mol. The van der Waals surface area contributed by atoms with Gasteiger partial charge in [-0.25, -0.2) is 10.4 Å². The molecule has 1 saturated heterocycles. The molecule has 1 aromatic heterocycles. The molecule has 1 fully saturated rings. The average Bonchev–Trinajstić information content (AvgIpc) is 3.64. The smallest absolute Gasteiger partial charge is 0.276 e. The van der Waals surface area contributed by atoms with Gasteiger partial charge < -0.3 is 54.7 Å². The number of nitrogens with one attached hydrogen (secondary N) is 2. The number of benzene rings is 1. The van der Waals surface area contributed by atoms with Crippen molar-refractivity contribution in [3.8, 4) is 0 Å². The van der Waals surface area contributed by atoms with Crippen LogP contribution in [0.5, 0.6) is 0 Å². The highest BCUT2D eigenvalue weighted by atomic mass is 16.6. The first kappa shape index (κ1) is 30.6. The van der Waals surface area contributed by atoms with Crippen LogP contribution in [0.1, 0.15) is 26.3 Å². The first-order valence-electron chi connectivity index (χ1n) is 14.8.